The topological polar surface area (TPSA) is 30.5 Å². The lowest BCUT2D eigenvalue weighted by atomic mass is 10.1. The molecule has 0 aliphatic heterocycles. The van der Waals surface area contributed by atoms with Gasteiger partial charge in [0.25, 0.3) is 0 Å². The molecule has 3 aromatic carbocycles. The maximum Gasteiger partial charge on any atom is 0.166 e. The van der Waals surface area contributed by atoms with Gasteiger partial charge in [0.2, 0.25) is 0 Å². The standard InChI is InChI=1S/C22H21Cl2NO2/c1-15-5-3-6-16(11-15)14-27-22-17(7-4-8-21(22)26-2)13-25-18-9-10-19(23)20(24)12-18/h3-12,25H,13-14H2,1-2H3. The van der Waals surface area contributed by atoms with Crippen molar-refractivity contribution >= 4 is 28.9 Å². The summed E-state index contributed by atoms with van der Waals surface area (Å²) in [4.78, 5) is 0. The summed E-state index contributed by atoms with van der Waals surface area (Å²) in [7, 11) is 1.64. The van der Waals surface area contributed by atoms with Crippen LogP contribution in [0.15, 0.2) is 60.7 Å². The van der Waals surface area contributed by atoms with E-state index in [2.05, 4.69) is 30.4 Å². The second-order valence-electron chi connectivity index (χ2n) is 6.21. The van der Waals surface area contributed by atoms with E-state index in [1.807, 2.05) is 30.3 Å². The van der Waals surface area contributed by atoms with Crippen molar-refractivity contribution in [1.82, 2.24) is 0 Å². The molecule has 0 amide bonds. The summed E-state index contributed by atoms with van der Waals surface area (Å²) >= 11 is 12.1. The summed E-state index contributed by atoms with van der Waals surface area (Å²) in [5.41, 5.74) is 4.20. The minimum absolute atomic E-state index is 0.474. The number of benzene rings is 3. The minimum Gasteiger partial charge on any atom is -0.493 e. The average Bonchev–Trinajstić information content (AvgIpc) is 2.67. The Balaban J connectivity index is 1.77. The van der Waals surface area contributed by atoms with Gasteiger partial charge in [-0.15, -0.1) is 0 Å². The first-order valence-corrected chi connectivity index (χ1v) is 9.35. The Hall–Kier alpha value is -2.36. The highest BCUT2D eigenvalue weighted by Crippen LogP contribution is 2.33. The maximum absolute atomic E-state index is 6.12. The quantitative estimate of drug-likeness (QED) is 0.489. The molecule has 140 valence electrons. The Morgan fingerprint density at radius 2 is 1.74 bits per heavy atom. The van der Waals surface area contributed by atoms with E-state index in [0.717, 1.165) is 22.6 Å². The number of rotatable bonds is 7. The first-order valence-electron chi connectivity index (χ1n) is 8.60. The number of nitrogens with one attached hydrogen (secondary N) is 1. The highest BCUT2D eigenvalue weighted by atomic mass is 35.5. The monoisotopic (exact) mass is 401 g/mol. The highest BCUT2D eigenvalue weighted by molar-refractivity contribution is 6.42. The van der Waals surface area contributed by atoms with E-state index in [9.17, 15) is 0 Å². The zero-order valence-corrected chi connectivity index (χ0v) is 16.8. The number of methoxy groups -OCH3 is 1. The maximum atomic E-state index is 6.12. The number of aryl methyl sites for hydroxylation is 1. The van der Waals surface area contributed by atoms with Gasteiger partial charge in [-0.2, -0.15) is 0 Å². The van der Waals surface area contributed by atoms with Crippen LogP contribution in [0.2, 0.25) is 10.0 Å². The third-order valence-corrected chi connectivity index (χ3v) is 4.89. The van der Waals surface area contributed by atoms with Crippen LogP contribution >= 0.6 is 23.2 Å². The van der Waals surface area contributed by atoms with Crippen LogP contribution in [0.3, 0.4) is 0 Å². The van der Waals surface area contributed by atoms with E-state index in [1.165, 1.54) is 5.56 Å². The molecule has 0 aromatic heterocycles. The van der Waals surface area contributed by atoms with Crippen molar-refractivity contribution in [3.63, 3.8) is 0 Å². The van der Waals surface area contributed by atoms with Crippen molar-refractivity contribution in [2.24, 2.45) is 0 Å². The van der Waals surface area contributed by atoms with Gasteiger partial charge in [0.15, 0.2) is 11.5 Å². The summed E-state index contributed by atoms with van der Waals surface area (Å²) in [6.07, 6.45) is 0. The lowest BCUT2D eigenvalue weighted by Gasteiger charge is -2.16. The summed E-state index contributed by atoms with van der Waals surface area (Å²) in [5, 5.41) is 4.40. The molecule has 0 bridgehead atoms. The number of hydrogen-bond acceptors (Lipinski definition) is 3. The number of halogens is 2. The first kappa shape index (κ1) is 19.4. The molecule has 1 N–H and O–H groups in total. The SMILES string of the molecule is COc1cccc(CNc2ccc(Cl)c(Cl)c2)c1OCc1cccc(C)c1. The van der Waals surface area contributed by atoms with Gasteiger partial charge in [-0.1, -0.05) is 65.2 Å². The van der Waals surface area contributed by atoms with Crippen LogP contribution < -0.4 is 14.8 Å². The zero-order chi connectivity index (χ0) is 19.2. The molecule has 0 aliphatic carbocycles. The predicted octanol–water partition coefficient (Wildman–Crippen LogP) is 6.50. The van der Waals surface area contributed by atoms with Crippen LogP contribution in [0.4, 0.5) is 5.69 Å². The van der Waals surface area contributed by atoms with Crippen LogP contribution in [0.25, 0.3) is 0 Å². The van der Waals surface area contributed by atoms with E-state index >= 15 is 0 Å². The van der Waals surface area contributed by atoms with Crippen LogP contribution in [0, 0.1) is 6.92 Å². The minimum atomic E-state index is 0.474. The normalized spacial score (nSPS) is 10.5. The Labute approximate surface area is 169 Å². The Bertz CT molecular complexity index is 928. The molecule has 27 heavy (non-hydrogen) atoms. The fourth-order valence-corrected chi connectivity index (χ4v) is 3.08. The number of para-hydroxylation sites is 1. The van der Waals surface area contributed by atoms with E-state index < -0.39 is 0 Å². The van der Waals surface area contributed by atoms with Gasteiger partial charge in [0.05, 0.1) is 17.2 Å². The van der Waals surface area contributed by atoms with E-state index in [4.69, 9.17) is 32.7 Å². The van der Waals surface area contributed by atoms with Gasteiger partial charge in [0.1, 0.15) is 6.61 Å². The molecule has 3 aromatic rings. The fourth-order valence-electron chi connectivity index (χ4n) is 2.79. The van der Waals surface area contributed by atoms with E-state index in [0.29, 0.717) is 28.9 Å². The molecule has 0 aliphatic rings. The van der Waals surface area contributed by atoms with Crippen LogP contribution in [0.5, 0.6) is 11.5 Å². The van der Waals surface area contributed by atoms with Crippen LogP contribution in [-0.4, -0.2) is 7.11 Å². The van der Waals surface area contributed by atoms with Crippen molar-refractivity contribution < 1.29 is 9.47 Å². The lowest BCUT2D eigenvalue weighted by Crippen LogP contribution is -2.05. The molecule has 0 radical (unpaired) electrons. The van der Waals surface area contributed by atoms with Crippen molar-refractivity contribution in [1.29, 1.82) is 0 Å². The Morgan fingerprint density at radius 3 is 2.48 bits per heavy atom. The van der Waals surface area contributed by atoms with Crippen LogP contribution in [0.1, 0.15) is 16.7 Å². The smallest absolute Gasteiger partial charge is 0.166 e. The van der Waals surface area contributed by atoms with Gasteiger partial charge in [-0.25, -0.2) is 0 Å². The second-order valence-corrected chi connectivity index (χ2v) is 7.02. The van der Waals surface area contributed by atoms with Crippen molar-refractivity contribution in [3.8, 4) is 11.5 Å². The molecule has 3 nitrogen and oxygen atoms in total. The third-order valence-electron chi connectivity index (χ3n) is 4.15. The number of hydrogen-bond donors (Lipinski definition) is 1. The van der Waals surface area contributed by atoms with Gasteiger partial charge >= 0.3 is 0 Å². The average molecular weight is 402 g/mol. The molecule has 3 rings (SSSR count). The predicted molar refractivity (Wildman–Crippen MR) is 112 cm³/mol. The molecule has 0 unspecified atom stereocenters. The molecule has 0 atom stereocenters. The summed E-state index contributed by atoms with van der Waals surface area (Å²) in [6, 6.07) is 19.6. The summed E-state index contributed by atoms with van der Waals surface area (Å²) in [6.45, 7) is 3.11. The van der Waals surface area contributed by atoms with E-state index in [1.54, 1.807) is 19.2 Å². The molecule has 0 saturated carbocycles. The van der Waals surface area contributed by atoms with E-state index in [-0.39, 0.29) is 0 Å². The van der Waals surface area contributed by atoms with Gasteiger partial charge in [-0.3, -0.25) is 0 Å². The van der Waals surface area contributed by atoms with Gasteiger partial charge in [0, 0.05) is 17.8 Å². The van der Waals surface area contributed by atoms with Crippen molar-refractivity contribution in [2.45, 2.75) is 20.1 Å². The Morgan fingerprint density at radius 1 is 0.926 bits per heavy atom. The van der Waals surface area contributed by atoms with Crippen LogP contribution in [-0.2, 0) is 13.2 Å². The van der Waals surface area contributed by atoms with Gasteiger partial charge < -0.3 is 14.8 Å². The Kier molecular flexibility index (Phi) is 6.49. The molecular formula is C22H21Cl2NO2. The first-order chi connectivity index (χ1) is 13.1. The molecule has 0 saturated heterocycles. The highest BCUT2D eigenvalue weighted by Gasteiger charge is 2.11. The zero-order valence-electron chi connectivity index (χ0n) is 15.3. The third kappa shape index (κ3) is 5.09. The van der Waals surface area contributed by atoms with Crippen molar-refractivity contribution in [2.75, 3.05) is 12.4 Å². The number of anilines is 1. The molecule has 0 heterocycles. The lowest BCUT2D eigenvalue weighted by molar-refractivity contribution is 0.281. The fraction of sp³-hybridized carbons (Fsp3) is 0.182. The second kappa shape index (κ2) is 9.03. The van der Waals surface area contributed by atoms with Gasteiger partial charge in [-0.05, 0) is 36.8 Å². The molecular weight excluding hydrogens is 381 g/mol. The van der Waals surface area contributed by atoms with Crippen molar-refractivity contribution in [3.05, 3.63) is 87.4 Å². The molecule has 0 fully saturated rings. The summed E-state index contributed by atoms with van der Waals surface area (Å²) < 4.78 is 11.6. The summed E-state index contributed by atoms with van der Waals surface area (Å²) in [5.74, 6) is 1.44. The molecule has 5 heteroatoms. The number of ether oxygens (including phenoxy) is 2. The molecule has 0 spiro atoms. The largest absolute Gasteiger partial charge is 0.493 e.